The van der Waals surface area contributed by atoms with Gasteiger partial charge in [0.1, 0.15) is 5.76 Å². The van der Waals surface area contributed by atoms with Crippen LogP contribution in [0.5, 0.6) is 0 Å². The number of rotatable bonds is 6. The molecule has 0 N–H and O–H groups in total. The summed E-state index contributed by atoms with van der Waals surface area (Å²) in [4.78, 5) is 4.62. The molecule has 0 radical (unpaired) electrons. The minimum atomic E-state index is -1.72. The molecule has 0 aromatic carbocycles. The van der Waals surface area contributed by atoms with Gasteiger partial charge in [0.2, 0.25) is 0 Å². The van der Waals surface area contributed by atoms with Gasteiger partial charge in [0.25, 0.3) is 0 Å². The Kier molecular flexibility index (Phi) is 4.97. The van der Waals surface area contributed by atoms with E-state index in [-0.39, 0.29) is 0 Å². The van der Waals surface area contributed by atoms with Gasteiger partial charge >= 0.3 is 0 Å². The third-order valence-electron chi connectivity index (χ3n) is 4.14. The topological polar surface area (TPSA) is 26.0 Å². The summed E-state index contributed by atoms with van der Waals surface area (Å²) < 4.78 is 6.05. The summed E-state index contributed by atoms with van der Waals surface area (Å²) in [5, 5.41) is 0. The lowest BCUT2D eigenvalue weighted by molar-refractivity contribution is 0.538. The first-order valence-electron chi connectivity index (χ1n) is 6.93. The van der Waals surface area contributed by atoms with Crippen molar-refractivity contribution in [3.63, 3.8) is 0 Å². The van der Waals surface area contributed by atoms with Crippen LogP contribution in [0.4, 0.5) is 0 Å². The Morgan fingerprint density at radius 2 is 1.67 bits per heavy atom. The van der Waals surface area contributed by atoms with E-state index in [1.54, 1.807) is 0 Å². The van der Waals surface area contributed by atoms with Gasteiger partial charge in [-0.2, -0.15) is 0 Å². The van der Waals surface area contributed by atoms with Gasteiger partial charge in [0, 0.05) is 6.42 Å². The van der Waals surface area contributed by atoms with Crippen molar-refractivity contribution in [1.29, 1.82) is 0 Å². The molecule has 1 heterocycles. The van der Waals surface area contributed by atoms with Gasteiger partial charge in [-0.1, -0.05) is 47.6 Å². The molecule has 18 heavy (non-hydrogen) atoms. The molecule has 1 aromatic heterocycles. The molecular weight excluding hydrogens is 238 g/mol. The largest absolute Gasteiger partial charge is 0.450 e. The lowest BCUT2D eigenvalue weighted by Crippen LogP contribution is -2.56. The summed E-state index contributed by atoms with van der Waals surface area (Å²) in [6.45, 7) is 17.7. The molecule has 0 spiro atoms. The van der Waals surface area contributed by atoms with Crippen molar-refractivity contribution in [2.24, 2.45) is 0 Å². The fourth-order valence-corrected chi connectivity index (χ4v) is 9.56. The lowest BCUT2D eigenvalue weighted by atomic mass is 10.4. The van der Waals surface area contributed by atoms with Crippen LogP contribution in [0.2, 0.25) is 16.6 Å². The van der Waals surface area contributed by atoms with E-state index in [4.69, 9.17) is 4.42 Å². The highest BCUT2D eigenvalue weighted by Gasteiger charge is 2.48. The van der Waals surface area contributed by atoms with Crippen molar-refractivity contribution in [2.45, 2.75) is 64.6 Å². The maximum absolute atomic E-state index is 6.05. The number of hydrogen-bond donors (Lipinski definition) is 0. The van der Waals surface area contributed by atoms with E-state index < -0.39 is 8.07 Å². The van der Waals surface area contributed by atoms with Crippen molar-refractivity contribution in [1.82, 2.24) is 4.98 Å². The number of nitrogens with zero attached hydrogens (tertiary/aromatic N) is 1. The second kappa shape index (κ2) is 5.87. The molecule has 0 saturated heterocycles. The van der Waals surface area contributed by atoms with Gasteiger partial charge in [-0.15, -0.1) is 6.58 Å². The Bertz CT molecular complexity index is 371. The zero-order valence-electron chi connectivity index (χ0n) is 12.7. The Hall–Kier alpha value is -0.833. The number of allylic oxidation sites excluding steroid dienone is 1. The molecule has 0 unspecified atom stereocenters. The molecule has 102 valence electrons. The number of aromatic nitrogens is 1. The maximum Gasteiger partial charge on any atom is 0.167 e. The second-order valence-electron chi connectivity index (χ2n) is 6.02. The van der Waals surface area contributed by atoms with E-state index in [2.05, 4.69) is 53.1 Å². The average molecular weight is 265 g/mol. The lowest BCUT2D eigenvalue weighted by Gasteiger charge is -2.39. The highest BCUT2D eigenvalue weighted by Crippen LogP contribution is 2.40. The van der Waals surface area contributed by atoms with Crippen LogP contribution < -0.4 is 5.51 Å². The SMILES string of the molecule is C=CCc1cnc([Si](C(C)C)(C(C)C)C(C)C)o1. The Labute approximate surface area is 113 Å². The van der Waals surface area contributed by atoms with Gasteiger partial charge in [0.15, 0.2) is 13.6 Å². The Morgan fingerprint density at radius 3 is 2.06 bits per heavy atom. The smallest absolute Gasteiger partial charge is 0.167 e. The van der Waals surface area contributed by atoms with E-state index in [1.807, 2.05) is 12.3 Å². The Balaban J connectivity index is 3.28. The molecule has 0 aliphatic carbocycles. The molecule has 0 aliphatic rings. The standard InChI is InChI=1S/C15H27NOSi/c1-8-9-14-10-16-15(17-14)18(11(2)3,12(4)5)13(6)7/h8,10-13H,1,9H2,2-7H3. The maximum atomic E-state index is 6.05. The second-order valence-corrected chi connectivity index (χ2v) is 11.8. The van der Waals surface area contributed by atoms with Crippen molar-refractivity contribution < 1.29 is 4.42 Å². The molecule has 1 aromatic rings. The normalized spacial score (nSPS) is 12.7. The summed E-state index contributed by atoms with van der Waals surface area (Å²) in [6.07, 6.45) is 4.52. The first-order chi connectivity index (χ1) is 8.37. The van der Waals surface area contributed by atoms with Gasteiger partial charge in [0.05, 0.1) is 6.20 Å². The molecule has 2 nitrogen and oxygen atoms in total. The van der Waals surface area contributed by atoms with Crippen LogP contribution in [0.25, 0.3) is 0 Å². The third-order valence-corrected chi connectivity index (χ3v) is 10.8. The van der Waals surface area contributed by atoms with E-state index in [9.17, 15) is 0 Å². The van der Waals surface area contributed by atoms with Crippen molar-refractivity contribution in [2.75, 3.05) is 0 Å². The van der Waals surface area contributed by atoms with Gasteiger partial charge in [-0.3, -0.25) is 0 Å². The van der Waals surface area contributed by atoms with Crippen LogP contribution in [0.3, 0.4) is 0 Å². The highest BCUT2D eigenvalue weighted by molar-refractivity contribution is 6.93. The monoisotopic (exact) mass is 265 g/mol. The highest BCUT2D eigenvalue weighted by atomic mass is 28.3. The minimum absolute atomic E-state index is 0.632. The molecule has 1 rings (SSSR count). The van der Waals surface area contributed by atoms with Gasteiger partial charge in [-0.05, 0) is 16.6 Å². The zero-order valence-corrected chi connectivity index (χ0v) is 13.7. The molecular formula is C15H27NOSi. The number of oxazole rings is 1. The third kappa shape index (κ3) is 2.46. The summed E-state index contributed by atoms with van der Waals surface area (Å²) in [5.74, 6) is 0.943. The molecule has 0 fully saturated rings. The van der Waals surface area contributed by atoms with E-state index >= 15 is 0 Å². The predicted molar refractivity (Wildman–Crippen MR) is 81.1 cm³/mol. The summed E-state index contributed by atoms with van der Waals surface area (Å²) >= 11 is 0. The van der Waals surface area contributed by atoms with Gasteiger partial charge < -0.3 is 4.42 Å². The van der Waals surface area contributed by atoms with Crippen LogP contribution in [0, 0.1) is 0 Å². The zero-order chi connectivity index (χ0) is 13.9. The predicted octanol–water partition coefficient (Wildman–Crippen LogP) is 4.29. The van der Waals surface area contributed by atoms with Crippen molar-refractivity contribution in [3.05, 3.63) is 24.6 Å². The quantitative estimate of drug-likeness (QED) is 0.566. The van der Waals surface area contributed by atoms with Crippen LogP contribution in [0.1, 0.15) is 47.3 Å². The molecule has 3 heteroatoms. The fraction of sp³-hybridized carbons (Fsp3) is 0.667. The fourth-order valence-electron chi connectivity index (χ4n) is 3.49. The van der Waals surface area contributed by atoms with Crippen molar-refractivity contribution in [3.8, 4) is 0 Å². The summed E-state index contributed by atoms with van der Waals surface area (Å²) in [6, 6.07) is 0. The first-order valence-corrected chi connectivity index (χ1v) is 9.16. The minimum Gasteiger partial charge on any atom is -0.450 e. The van der Waals surface area contributed by atoms with Crippen molar-refractivity contribution >= 4 is 13.6 Å². The van der Waals surface area contributed by atoms with Gasteiger partial charge in [-0.25, -0.2) is 4.98 Å². The molecule has 0 amide bonds. The Morgan fingerprint density at radius 1 is 1.17 bits per heavy atom. The number of hydrogen-bond acceptors (Lipinski definition) is 2. The van der Waals surface area contributed by atoms with Crippen LogP contribution in [-0.4, -0.2) is 13.1 Å². The van der Waals surface area contributed by atoms with E-state index in [0.29, 0.717) is 16.6 Å². The molecule has 0 saturated carbocycles. The first kappa shape index (κ1) is 15.2. The summed E-state index contributed by atoms with van der Waals surface area (Å²) in [5.41, 5.74) is 2.92. The van der Waals surface area contributed by atoms with Crippen LogP contribution in [-0.2, 0) is 6.42 Å². The van der Waals surface area contributed by atoms with Crippen LogP contribution >= 0.6 is 0 Å². The molecule has 0 bridgehead atoms. The summed E-state index contributed by atoms with van der Waals surface area (Å²) in [7, 11) is -1.72. The average Bonchev–Trinajstić information content (AvgIpc) is 2.66. The molecule has 0 atom stereocenters. The molecule has 0 aliphatic heterocycles. The van der Waals surface area contributed by atoms with E-state index in [0.717, 1.165) is 17.7 Å². The van der Waals surface area contributed by atoms with Crippen LogP contribution in [0.15, 0.2) is 23.3 Å². The van der Waals surface area contributed by atoms with E-state index in [1.165, 1.54) is 0 Å².